The molecule has 6 heteroatoms. The van der Waals surface area contributed by atoms with E-state index in [-0.39, 0.29) is 0 Å². The summed E-state index contributed by atoms with van der Waals surface area (Å²) in [6.07, 6.45) is 9.58. The molecule has 0 aliphatic rings. The van der Waals surface area contributed by atoms with Crippen molar-refractivity contribution in [2.24, 2.45) is 0 Å². The van der Waals surface area contributed by atoms with E-state index in [4.69, 9.17) is 0 Å². The Bertz CT molecular complexity index is 359. The zero-order valence-corrected chi connectivity index (χ0v) is 9.70. The van der Waals surface area contributed by atoms with E-state index >= 15 is 0 Å². The van der Waals surface area contributed by atoms with Gasteiger partial charge in [0.25, 0.3) is 0 Å². The minimum Gasteiger partial charge on any atom is -0.337 e. The second kappa shape index (κ2) is 5.87. The summed E-state index contributed by atoms with van der Waals surface area (Å²) in [6.45, 7) is 1.47. The first-order valence-corrected chi connectivity index (χ1v) is 6.87. The summed E-state index contributed by atoms with van der Waals surface area (Å²) in [4.78, 5) is 3.94. The van der Waals surface area contributed by atoms with Crippen LogP contribution in [-0.2, 0) is 16.6 Å². The third-order valence-electron chi connectivity index (χ3n) is 2.02. The van der Waals surface area contributed by atoms with Gasteiger partial charge in [0.2, 0.25) is 10.0 Å². The van der Waals surface area contributed by atoms with Crippen LogP contribution in [0, 0.1) is 0 Å². The summed E-state index contributed by atoms with van der Waals surface area (Å²) in [5, 5.41) is 0. The van der Waals surface area contributed by atoms with Gasteiger partial charge in [0.15, 0.2) is 0 Å². The zero-order valence-electron chi connectivity index (χ0n) is 8.89. The summed E-state index contributed by atoms with van der Waals surface area (Å²) in [7, 11) is -3.02. The fraction of sp³-hybridized carbons (Fsp3) is 0.667. The molecule has 0 amide bonds. The van der Waals surface area contributed by atoms with Crippen LogP contribution in [0.25, 0.3) is 0 Å². The van der Waals surface area contributed by atoms with Crippen LogP contribution in [0.2, 0.25) is 0 Å². The number of sulfonamides is 1. The smallest absolute Gasteiger partial charge is 0.208 e. The number of unbranched alkanes of at least 4 members (excludes halogenated alkanes) is 2. The summed E-state index contributed by atoms with van der Waals surface area (Å²) in [6, 6.07) is 0. The van der Waals surface area contributed by atoms with E-state index < -0.39 is 10.0 Å². The molecule has 1 aromatic rings. The van der Waals surface area contributed by atoms with E-state index in [0.717, 1.165) is 25.8 Å². The first-order chi connectivity index (χ1) is 7.08. The summed E-state index contributed by atoms with van der Waals surface area (Å²) >= 11 is 0. The van der Waals surface area contributed by atoms with Gasteiger partial charge in [-0.25, -0.2) is 18.1 Å². The van der Waals surface area contributed by atoms with Crippen molar-refractivity contribution in [1.29, 1.82) is 0 Å². The molecule has 0 aliphatic heterocycles. The minimum absolute atomic E-state index is 0.531. The molecule has 1 rings (SSSR count). The Hall–Kier alpha value is -0.880. The number of aryl methyl sites for hydroxylation is 1. The number of nitrogens with one attached hydrogen (secondary N) is 1. The number of aromatic nitrogens is 2. The average Bonchev–Trinajstić information content (AvgIpc) is 2.61. The molecule has 0 saturated carbocycles. The molecule has 0 bridgehead atoms. The van der Waals surface area contributed by atoms with Gasteiger partial charge in [-0.3, -0.25) is 0 Å². The number of imidazole rings is 1. The highest BCUT2D eigenvalue weighted by molar-refractivity contribution is 7.88. The highest BCUT2D eigenvalue weighted by Gasteiger charge is 1.98. The van der Waals surface area contributed by atoms with E-state index in [0.29, 0.717) is 6.54 Å². The molecule has 0 radical (unpaired) electrons. The normalized spacial score (nSPS) is 11.8. The van der Waals surface area contributed by atoms with Gasteiger partial charge in [-0.05, 0) is 12.8 Å². The standard InChI is InChI=1S/C9H17N3O2S/c1-15(13,14)11-5-3-2-4-7-12-8-6-10-9-12/h6,8-9,11H,2-5,7H2,1H3. The molecule has 0 aliphatic carbocycles. The molecular weight excluding hydrogens is 214 g/mol. The van der Waals surface area contributed by atoms with Gasteiger partial charge in [-0.1, -0.05) is 6.42 Å². The topological polar surface area (TPSA) is 64.0 Å². The number of rotatable bonds is 7. The van der Waals surface area contributed by atoms with Crippen molar-refractivity contribution in [2.75, 3.05) is 12.8 Å². The lowest BCUT2D eigenvalue weighted by Crippen LogP contribution is -2.22. The Labute approximate surface area is 90.6 Å². The number of hydrogen-bond acceptors (Lipinski definition) is 3. The molecule has 0 fully saturated rings. The van der Waals surface area contributed by atoms with Crippen molar-refractivity contribution in [3.05, 3.63) is 18.7 Å². The van der Waals surface area contributed by atoms with Crippen molar-refractivity contribution in [2.45, 2.75) is 25.8 Å². The summed E-state index contributed by atoms with van der Waals surface area (Å²) < 4.78 is 25.9. The van der Waals surface area contributed by atoms with E-state index in [1.54, 1.807) is 12.5 Å². The maximum absolute atomic E-state index is 10.7. The second-order valence-corrected chi connectivity index (χ2v) is 5.36. The van der Waals surface area contributed by atoms with Crippen LogP contribution in [0.3, 0.4) is 0 Å². The predicted octanol–water partition coefficient (Wildman–Crippen LogP) is 0.603. The highest BCUT2D eigenvalue weighted by Crippen LogP contribution is 1.98. The van der Waals surface area contributed by atoms with Gasteiger partial charge < -0.3 is 4.57 Å². The van der Waals surface area contributed by atoms with Crippen molar-refractivity contribution >= 4 is 10.0 Å². The monoisotopic (exact) mass is 231 g/mol. The highest BCUT2D eigenvalue weighted by atomic mass is 32.2. The first kappa shape index (κ1) is 12.2. The van der Waals surface area contributed by atoms with Crippen LogP contribution in [0.1, 0.15) is 19.3 Å². The van der Waals surface area contributed by atoms with E-state index in [1.165, 1.54) is 6.26 Å². The van der Waals surface area contributed by atoms with Crippen molar-refractivity contribution < 1.29 is 8.42 Å². The maximum Gasteiger partial charge on any atom is 0.208 e. The Balaban J connectivity index is 1.99. The molecule has 1 aromatic heterocycles. The Morgan fingerprint density at radius 3 is 2.73 bits per heavy atom. The number of hydrogen-bond donors (Lipinski definition) is 1. The Morgan fingerprint density at radius 1 is 1.33 bits per heavy atom. The van der Waals surface area contributed by atoms with Crippen LogP contribution < -0.4 is 4.72 Å². The Kier molecular flexibility index (Phi) is 4.77. The SMILES string of the molecule is CS(=O)(=O)NCCCCCn1ccnc1. The van der Waals surface area contributed by atoms with Crippen LogP contribution in [0.5, 0.6) is 0 Å². The van der Waals surface area contributed by atoms with Gasteiger partial charge in [0.1, 0.15) is 0 Å². The van der Waals surface area contributed by atoms with Crippen molar-refractivity contribution in [1.82, 2.24) is 14.3 Å². The van der Waals surface area contributed by atoms with Crippen LogP contribution >= 0.6 is 0 Å². The van der Waals surface area contributed by atoms with Crippen molar-refractivity contribution in [3.63, 3.8) is 0 Å². The molecule has 0 atom stereocenters. The zero-order chi connectivity index (χ0) is 11.1. The quantitative estimate of drug-likeness (QED) is 0.699. The molecule has 15 heavy (non-hydrogen) atoms. The lowest BCUT2D eigenvalue weighted by atomic mass is 10.2. The molecule has 1 N–H and O–H groups in total. The van der Waals surface area contributed by atoms with Gasteiger partial charge in [0, 0.05) is 25.5 Å². The lowest BCUT2D eigenvalue weighted by molar-refractivity contribution is 0.565. The van der Waals surface area contributed by atoms with Crippen molar-refractivity contribution in [3.8, 4) is 0 Å². The molecular formula is C9H17N3O2S. The van der Waals surface area contributed by atoms with E-state index in [2.05, 4.69) is 9.71 Å². The van der Waals surface area contributed by atoms with Crippen LogP contribution in [-0.4, -0.2) is 30.8 Å². The largest absolute Gasteiger partial charge is 0.337 e. The van der Waals surface area contributed by atoms with Gasteiger partial charge >= 0.3 is 0 Å². The van der Waals surface area contributed by atoms with E-state index in [1.807, 2.05) is 10.8 Å². The average molecular weight is 231 g/mol. The molecule has 1 heterocycles. The minimum atomic E-state index is -3.02. The molecule has 0 aromatic carbocycles. The predicted molar refractivity (Wildman–Crippen MR) is 58.9 cm³/mol. The fourth-order valence-electron chi connectivity index (χ4n) is 1.27. The Morgan fingerprint density at radius 2 is 2.13 bits per heavy atom. The third-order valence-corrected chi connectivity index (χ3v) is 2.75. The molecule has 86 valence electrons. The molecule has 0 unspecified atom stereocenters. The lowest BCUT2D eigenvalue weighted by Gasteiger charge is -2.03. The molecule has 0 spiro atoms. The van der Waals surface area contributed by atoms with Gasteiger partial charge in [0.05, 0.1) is 12.6 Å². The summed E-state index contributed by atoms with van der Waals surface area (Å²) in [5.74, 6) is 0. The third kappa shape index (κ3) is 6.24. The maximum atomic E-state index is 10.7. The van der Waals surface area contributed by atoms with Crippen LogP contribution in [0.15, 0.2) is 18.7 Å². The second-order valence-electron chi connectivity index (χ2n) is 3.53. The fourth-order valence-corrected chi connectivity index (χ4v) is 1.79. The summed E-state index contributed by atoms with van der Waals surface area (Å²) in [5.41, 5.74) is 0. The molecule has 5 nitrogen and oxygen atoms in total. The number of nitrogens with zero attached hydrogens (tertiary/aromatic N) is 2. The molecule has 0 saturated heterocycles. The van der Waals surface area contributed by atoms with Gasteiger partial charge in [-0.15, -0.1) is 0 Å². The van der Waals surface area contributed by atoms with Gasteiger partial charge in [-0.2, -0.15) is 0 Å². The van der Waals surface area contributed by atoms with Crippen LogP contribution in [0.4, 0.5) is 0 Å². The first-order valence-electron chi connectivity index (χ1n) is 4.98. The van der Waals surface area contributed by atoms with E-state index in [9.17, 15) is 8.42 Å².